The summed E-state index contributed by atoms with van der Waals surface area (Å²) in [6, 6.07) is 31.8. The maximum absolute atomic E-state index is 4.92. The number of benzene rings is 5. The summed E-state index contributed by atoms with van der Waals surface area (Å²) in [6.45, 7) is 2.19. The highest BCUT2D eigenvalue weighted by Gasteiger charge is 2.16. The Morgan fingerprint density at radius 3 is 1.79 bits per heavy atom. The summed E-state index contributed by atoms with van der Waals surface area (Å²) in [5, 5.41) is 4.94. The highest BCUT2D eigenvalue weighted by Crippen LogP contribution is 2.40. The van der Waals surface area contributed by atoms with Gasteiger partial charge in [0.2, 0.25) is 0 Å². The molecule has 2 heteroatoms. The Kier molecular flexibility index (Phi) is 3.41. The number of nitrogens with zero attached hydrogens (tertiary/aromatic N) is 2. The summed E-state index contributed by atoms with van der Waals surface area (Å²) in [4.78, 5) is 9.84. The molecule has 1 aromatic heterocycles. The number of hydrogen-bond acceptors (Lipinski definition) is 2. The summed E-state index contributed by atoms with van der Waals surface area (Å²) in [6.07, 6.45) is 0. The zero-order valence-corrected chi connectivity index (χ0v) is 16.1. The van der Waals surface area contributed by atoms with E-state index in [4.69, 9.17) is 9.97 Å². The highest BCUT2D eigenvalue weighted by molar-refractivity contribution is 6.25. The van der Waals surface area contributed by atoms with Crippen LogP contribution in [0, 0.1) is 6.92 Å². The first kappa shape index (κ1) is 16.2. The van der Waals surface area contributed by atoms with E-state index in [2.05, 4.69) is 79.7 Å². The summed E-state index contributed by atoms with van der Waals surface area (Å²) >= 11 is 0. The van der Waals surface area contributed by atoms with E-state index in [1.54, 1.807) is 0 Å². The van der Waals surface area contributed by atoms with Crippen molar-refractivity contribution in [2.45, 2.75) is 6.92 Å². The Morgan fingerprint density at radius 2 is 1.14 bits per heavy atom. The van der Waals surface area contributed by atoms with E-state index in [0.717, 1.165) is 27.8 Å². The number of aryl methyl sites for hydroxylation is 1. The van der Waals surface area contributed by atoms with E-state index in [0.29, 0.717) is 0 Å². The van der Waals surface area contributed by atoms with E-state index in [-0.39, 0.29) is 0 Å². The Hall–Kier alpha value is -3.78. The standard InChI is InChI=1S/C27H18N2/c1-17-16-22(18-8-4-2-5-9-18)21-13-15-24-26-23(14-12-20(17)25(21)26)28-27(29-24)19-10-6-3-7-11-19/h2-16H,1H3. The van der Waals surface area contributed by atoms with Crippen LogP contribution in [-0.2, 0) is 0 Å². The molecule has 0 fully saturated rings. The predicted molar refractivity (Wildman–Crippen MR) is 121 cm³/mol. The van der Waals surface area contributed by atoms with Crippen molar-refractivity contribution in [3.05, 3.63) is 96.6 Å². The van der Waals surface area contributed by atoms with Gasteiger partial charge in [-0.3, -0.25) is 0 Å². The van der Waals surface area contributed by atoms with Crippen LogP contribution < -0.4 is 0 Å². The van der Waals surface area contributed by atoms with Gasteiger partial charge in [0.15, 0.2) is 5.82 Å². The molecule has 0 radical (unpaired) electrons. The normalized spacial score (nSPS) is 11.6. The zero-order chi connectivity index (χ0) is 19.4. The molecule has 0 aliphatic carbocycles. The third-order valence-electron chi connectivity index (χ3n) is 5.76. The molecular weight excluding hydrogens is 352 g/mol. The smallest absolute Gasteiger partial charge is 0.160 e. The molecule has 0 saturated heterocycles. The van der Waals surface area contributed by atoms with Crippen molar-refractivity contribution in [3.8, 4) is 22.5 Å². The van der Waals surface area contributed by atoms with Crippen molar-refractivity contribution in [3.63, 3.8) is 0 Å². The van der Waals surface area contributed by atoms with Gasteiger partial charge in [-0.15, -0.1) is 0 Å². The molecule has 0 spiro atoms. The Morgan fingerprint density at radius 1 is 0.552 bits per heavy atom. The fourth-order valence-corrected chi connectivity index (χ4v) is 4.40. The van der Waals surface area contributed by atoms with Crippen molar-refractivity contribution in [2.24, 2.45) is 0 Å². The molecule has 0 saturated carbocycles. The summed E-state index contributed by atoms with van der Waals surface area (Å²) in [7, 11) is 0. The van der Waals surface area contributed by atoms with Crippen LogP contribution >= 0.6 is 0 Å². The lowest BCUT2D eigenvalue weighted by Gasteiger charge is -2.16. The van der Waals surface area contributed by atoms with E-state index in [1.807, 2.05) is 18.2 Å². The van der Waals surface area contributed by atoms with Crippen molar-refractivity contribution in [1.82, 2.24) is 9.97 Å². The van der Waals surface area contributed by atoms with Crippen LogP contribution in [0.15, 0.2) is 91.0 Å². The lowest BCUT2D eigenvalue weighted by molar-refractivity contribution is 1.26. The fourth-order valence-electron chi connectivity index (χ4n) is 4.40. The van der Waals surface area contributed by atoms with Crippen LogP contribution in [0.25, 0.3) is 55.1 Å². The van der Waals surface area contributed by atoms with Crippen molar-refractivity contribution in [1.29, 1.82) is 0 Å². The van der Waals surface area contributed by atoms with Gasteiger partial charge in [-0.1, -0.05) is 78.9 Å². The lowest BCUT2D eigenvalue weighted by Crippen LogP contribution is -1.95. The first-order valence-corrected chi connectivity index (χ1v) is 9.86. The van der Waals surface area contributed by atoms with Gasteiger partial charge in [0.1, 0.15) is 0 Å². The number of hydrogen-bond donors (Lipinski definition) is 0. The Balaban J connectivity index is 1.73. The summed E-state index contributed by atoms with van der Waals surface area (Å²) in [5.74, 6) is 0.775. The quantitative estimate of drug-likeness (QED) is 0.306. The molecule has 2 nitrogen and oxygen atoms in total. The second-order valence-corrected chi connectivity index (χ2v) is 7.53. The Labute approximate surface area is 168 Å². The van der Waals surface area contributed by atoms with E-state index >= 15 is 0 Å². The molecule has 5 aromatic carbocycles. The highest BCUT2D eigenvalue weighted by atomic mass is 14.9. The van der Waals surface area contributed by atoms with E-state index in [9.17, 15) is 0 Å². The number of rotatable bonds is 2. The molecule has 0 aliphatic rings. The second-order valence-electron chi connectivity index (χ2n) is 7.53. The lowest BCUT2D eigenvalue weighted by atomic mass is 9.89. The van der Waals surface area contributed by atoms with Crippen LogP contribution in [0.3, 0.4) is 0 Å². The molecule has 29 heavy (non-hydrogen) atoms. The van der Waals surface area contributed by atoms with E-state index < -0.39 is 0 Å². The molecule has 1 heterocycles. The van der Waals surface area contributed by atoms with Gasteiger partial charge in [0.25, 0.3) is 0 Å². The third-order valence-corrected chi connectivity index (χ3v) is 5.76. The molecule has 136 valence electrons. The molecule has 6 aromatic rings. The first-order valence-electron chi connectivity index (χ1n) is 9.86. The van der Waals surface area contributed by atoms with Gasteiger partial charge in [0, 0.05) is 16.3 Å². The molecule has 0 atom stereocenters. The minimum absolute atomic E-state index is 0.775. The van der Waals surface area contributed by atoms with Crippen molar-refractivity contribution in [2.75, 3.05) is 0 Å². The van der Waals surface area contributed by atoms with E-state index in [1.165, 1.54) is 32.8 Å². The first-order chi connectivity index (χ1) is 14.3. The molecule has 0 N–H and O–H groups in total. The molecular formula is C27H18N2. The van der Waals surface area contributed by atoms with Crippen LogP contribution in [0.1, 0.15) is 5.56 Å². The monoisotopic (exact) mass is 370 g/mol. The molecule has 0 bridgehead atoms. The van der Waals surface area contributed by atoms with Crippen molar-refractivity contribution < 1.29 is 0 Å². The summed E-state index contributed by atoms with van der Waals surface area (Å²) < 4.78 is 0. The van der Waals surface area contributed by atoms with Crippen molar-refractivity contribution >= 4 is 32.6 Å². The van der Waals surface area contributed by atoms with Gasteiger partial charge in [-0.25, -0.2) is 9.97 Å². The fraction of sp³-hybridized carbons (Fsp3) is 0.0370. The minimum atomic E-state index is 0.775. The largest absolute Gasteiger partial charge is 0.228 e. The zero-order valence-electron chi connectivity index (χ0n) is 16.1. The topological polar surface area (TPSA) is 25.8 Å². The van der Waals surface area contributed by atoms with Gasteiger partial charge in [-0.05, 0) is 46.5 Å². The number of aromatic nitrogens is 2. The van der Waals surface area contributed by atoms with Gasteiger partial charge in [0.05, 0.1) is 11.0 Å². The maximum atomic E-state index is 4.92. The van der Waals surface area contributed by atoms with Crippen LogP contribution in [0.4, 0.5) is 0 Å². The van der Waals surface area contributed by atoms with Gasteiger partial charge in [-0.2, -0.15) is 0 Å². The molecule has 0 amide bonds. The van der Waals surface area contributed by atoms with Crippen LogP contribution in [-0.4, -0.2) is 9.97 Å². The van der Waals surface area contributed by atoms with Crippen LogP contribution in [0.5, 0.6) is 0 Å². The second kappa shape index (κ2) is 6.11. The minimum Gasteiger partial charge on any atom is -0.228 e. The third kappa shape index (κ3) is 2.43. The predicted octanol–water partition coefficient (Wildman–Crippen LogP) is 7.02. The summed E-state index contributed by atoms with van der Waals surface area (Å²) in [5.41, 5.74) is 6.81. The average Bonchev–Trinajstić information content (AvgIpc) is 2.79. The van der Waals surface area contributed by atoms with Gasteiger partial charge < -0.3 is 0 Å². The molecule has 6 rings (SSSR count). The van der Waals surface area contributed by atoms with Crippen LogP contribution in [0.2, 0.25) is 0 Å². The molecule has 0 aliphatic heterocycles. The average molecular weight is 370 g/mol. The SMILES string of the molecule is Cc1cc(-c2ccccc2)c2ccc3nc(-c4ccccc4)nc4ccc1c2c43. The Bertz CT molecular complexity index is 1470. The van der Waals surface area contributed by atoms with Gasteiger partial charge >= 0.3 is 0 Å². The molecule has 0 unspecified atom stereocenters. The maximum Gasteiger partial charge on any atom is 0.160 e.